The van der Waals surface area contributed by atoms with Crippen LogP contribution < -0.4 is 10.2 Å². The fraction of sp³-hybridized carbons (Fsp3) is 0.391. The zero-order valence-corrected chi connectivity index (χ0v) is 18.0. The highest BCUT2D eigenvalue weighted by atomic mass is 16.1. The van der Waals surface area contributed by atoms with Crippen molar-refractivity contribution in [3.05, 3.63) is 58.9 Å². The second-order valence-corrected chi connectivity index (χ2v) is 8.16. The molecular formula is C23H28N6O. The van der Waals surface area contributed by atoms with Crippen molar-refractivity contribution < 1.29 is 4.79 Å². The molecule has 0 radical (unpaired) electrons. The average molecular weight is 405 g/mol. The van der Waals surface area contributed by atoms with Gasteiger partial charge in [-0.05, 0) is 70.4 Å². The Bertz CT molecular complexity index is 1050. The lowest BCUT2D eigenvalue weighted by atomic mass is 9.95. The summed E-state index contributed by atoms with van der Waals surface area (Å²) in [7, 11) is 0. The number of amides is 1. The number of rotatable bonds is 4. The number of aryl methyl sites for hydroxylation is 4. The Labute approximate surface area is 177 Å². The summed E-state index contributed by atoms with van der Waals surface area (Å²) in [6, 6.07) is 12.0. The Balaban J connectivity index is 1.36. The quantitative estimate of drug-likeness (QED) is 0.717. The van der Waals surface area contributed by atoms with Crippen molar-refractivity contribution in [1.29, 1.82) is 0 Å². The number of carbonyl (C=O) groups is 1. The lowest BCUT2D eigenvalue weighted by Gasteiger charge is -2.32. The summed E-state index contributed by atoms with van der Waals surface area (Å²) in [6.07, 6.45) is 1.61. The maximum Gasteiger partial charge on any atom is 0.227 e. The Kier molecular flexibility index (Phi) is 5.53. The van der Waals surface area contributed by atoms with Gasteiger partial charge in [0, 0.05) is 30.4 Å². The van der Waals surface area contributed by atoms with Gasteiger partial charge in [-0.3, -0.25) is 4.79 Å². The van der Waals surface area contributed by atoms with Crippen LogP contribution in [0.5, 0.6) is 0 Å². The first-order valence-electron chi connectivity index (χ1n) is 10.4. The second kappa shape index (κ2) is 8.26. The number of nitrogens with one attached hydrogen (secondary N) is 1. The minimum Gasteiger partial charge on any atom is -0.355 e. The summed E-state index contributed by atoms with van der Waals surface area (Å²) < 4.78 is 1.80. The normalized spacial score (nSPS) is 14.7. The van der Waals surface area contributed by atoms with E-state index in [0.29, 0.717) is 5.82 Å². The number of aromatic nitrogens is 4. The topological polar surface area (TPSA) is 75.9 Å². The molecule has 1 N–H and O–H groups in total. The minimum atomic E-state index is 0.0175. The van der Waals surface area contributed by atoms with Crippen molar-refractivity contribution in [3.8, 4) is 5.82 Å². The zero-order chi connectivity index (χ0) is 21.3. The number of benzene rings is 1. The van der Waals surface area contributed by atoms with E-state index >= 15 is 0 Å². The van der Waals surface area contributed by atoms with Gasteiger partial charge in [-0.25, -0.2) is 4.68 Å². The minimum absolute atomic E-state index is 0.0175. The second-order valence-electron chi connectivity index (χ2n) is 8.16. The molecule has 0 aliphatic carbocycles. The zero-order valence-electron chi connectivity index (χ0n) is 18.0. The van der Waals surface area contributed by atoms with Gasteiger partial charge in [0.2, 0.25) is 5.91 Å². The van der Waals surface area contributed by atoms with E-state index in [9.17, 15) is 4.79 Å². The number of carbonyl (C=O) groups excluding carboxylic acids is 1. The molecule has 3 heterocycles. The van der Waals surface area contributed by atoms with Gasteiger partial charge >= 0.3 is 0 Å². The van der Waals surface area contributed by atoms with E-state index in [1.165, 1.54) is 5.56 Å². The molecule has 0 spiro atoms. The van der Waals surface area contributed by atoms with E-state index in [-0.39, 0.29) is 11.8 Å². The third-order valence-corrected chi connectivity index (χ3v) is 5.69. The number of nitrogens with zero attached hydrogens (tertiary/aromatic N) is 5. The summed E-state index contributed by atoms with van der Waals surface area (Å²) in [4.78, 5) is 14.9. The molecule has 7 heteroatoms. The molecule has 0 bridgehead atoms. The first kappa shape index (κ1) is 20.1. The highest BCUT2D eigenvalue weighted by Crippen LogP contribution is 2.24. The van der Waals surface area contributed by atoms with Gasteiger partial charge in [0.05, 0.1) is 5.69 Å². The Hall–Kier alpha value is -3.22. The van der Waals surface area contributed by atoms with Crippen LogP contribution in [0.4, 0.5) is 11.5 Å². The molecule has 3 aromatic rings. The van der Waals surface area contributed by atoms with Gasteiger partial charge < -0.3 is 10.2 Å². The Morgan fingerprint density at radius 1 is 0.967 bits per heavy atom. The van der Waals surface area contributed by atoms with E-state index < -0.39 is 0 Å². The van der Waals surface area contributed by atoms with Crippen LogP contribution in [0.3, 0.4) is 0 Å². The predicted molar refractivity (Wildman–Crippen MR) is 118 cm³/mol. The van der Waals surface area contributed by atoms with Gasteiger partial charge in [-0.2, -0.15) is 5.10 Å². The molecule has 1 aromatic carbocycles. The summed E-state index contributed by atoms with van der Waals surface area (Å²) in [6.45, 7) is 9.63. The Morgan fingerprint density at radius 2 is 1.67 bits per heavy atom. The van der Waals surface area contributed by atoms with Crippen LogP contribution in [0.1, 0.15) is 35.4 Å². The van der Waals surface area contributed by atoms with Crippen molar-refractivity contribution in [1.82, 2.24) is 20.0 Å². The fourth-order valence-electron chi connectivity index (χ4n) is 4.02. The van der Waals surface area contributed by atoms with Gasteiger partial charge in [0.1, 0.15) is 0 Å². The lowest BCUT2D eigenvalue weighted by molar-refractivity contribution is -0.120. The van der Waals surface area contributed by atoms with Crippen LogP contribution in [-0.2, 0) is 4.79 Å². The van der Waals surface area contributed by atoms with E-state index in [1.807, 2.05) is 51.1 Å². The lowest BCUT2D eigenvalue weighted by Crippen LogP contribution is -2.38. The standard InChI is InChI=1S/C23H28N6O/c1-15-5-6-20(16(2)13-15)24-23(30)19-9-11-28(12-10-19)21-7-8-22(26-25-21)29-18(4)14-17(3)27-29/h5-8,13-14,19H,9-12H2,1-4H3,(H,24,30). The molecule has 156 valence electrons. The van der Waals surface area contributed by atoms with Crippen molar-refractivity contribution in [3.63, 3.8) is 0 Å². The van der Waals surface area contributed by atoms with Crippen LogP contribution in [0.2, 0.25) is 0 Å². The molecule has 1 aliphatic rings. The number of piperidine rings is 1. The molecule has 0 unspecified atom stereocenters. The molecule has 7 nitrogen and oxygen atoms in total. The molecule has 1 saturated heterocycles. The van der Waals surface area contributed by atoms with E-state index in [4.69, 9.17) is 0 Å². The van der Waals surface area contributed by atoms with Crippen LogP contribution in [-0.4, -0.2) is 39.0 Å². The first-order chi connectivity index (χ1) is 14.4. The third-order valence-electron chi connectivity index (χ3n) is 5.69. The van der Waals surface area contributed by atoms with E-state index in [2.05, 4.69) is 38.5 Å². The predicted octanol–water partition coefficient (Wildman–Crippen LogP) is 3.75. The summed E-state index contributed by atoms with van der Waals surface area (Å²) in [5, 5.41) is 16.3. The van der Waals surface area contributed by atoms with Crippen molar-refractivity contribution in [2.75, 3.05) is 23.3 Å². The fourth-order valence-corrected chi connectivity index (χ4v) is 4.02. The van der Waals surface area contributed by atoms with Crippen molar-refractivity contribution in [2.24, 2.45) is 5.92 Å². The molecule has 4 rings (SSSR count). The van der Waals surface area contributed by atoms with E-state index in [1.54, 1.807) is 4.68 Å². The van der Waals surface area contributed by atoms with Crippen LogP contribution in [0, 0.1) is 33.6 Å². The van der Waals surface area contributed by atoms with Crippen LogP contribution in [0.15, 0.2) is 36.4 Å². The molecule has 1 fully saturated rings. The maximum absolute atomic E-state index is 12.7. The largest absolute Gasteiger partial charge is 0.355 e. The first-order valence-corrected chi connectivity index (χ1v) is 10.4. The smallest absolute Gasteiger partial charge is 0.227 e. The third kappa shape index (κ3) is 4.20. The van der Waals surface area contributed by atoms with Gasteiger partial charge in [-0.1, -0.05) is 17.7 Å². The molecule has 0 saturated carbocycles. The Morgan fingerprint density at radius 3 is 2.27 bits per heavy atom. The molecule has 1 aliphatic heterocycles. The molecule has 30 heavy (non-hydrogen) atoms. The number of hydrogen-bond acceptors (Lipinski definition) is 5. The van der Waals surface area contributed by atoms with Gasteiger partial charge in [-0.15, -0.1) is 10.2 Å². The molecule has 1 amide bonds. The van der Waals surface area contributed by atoms with Crippen LogP contribution >= 0.6 is 0 Å². The SMILES string of the molecule is Cc1ccc(NC(=O)C2CCN(c3ccc(-n4nc(C)cc4C)nn3)CC2)c(C)c1. The summed E-state index contributed by atoms with van der Waals surface area (Å²) in [5.41, 5.74) is 5.19. The molecule has 2 aromatic heterocycles. The number of hydrogen-bond donors (Lipinski definition) is 1. The summed E-state index contributed by atoms with van der Waals surface area (Å²) in [5.74, 6) is 1.68. The highest BCUT2D eigenvalue weighted by molar-refractivity contribution is 5.93. The van der Waals surface area contributed by atoms with Crippen molar-refractivity contribution >= 4 is 17.4 Å². The van der Waals surface area contributed by atoms with Gasteiger partial charge in [0.15, 0.2) is 11.6 Å². The highest BCUT2D eigenvalue weighted by Gasteiger charge is 2.26. The van der Waals surface area contributed by atoms with Crippen LogP contribution in [0.25, 0.3) is 5.82 Å². The number of anilines is 2. The molecular weight excluding hydrogens is 376 g/mol. The van der Waals surface area contributed by atoms with Crippen molar-refractivity contribution in [2.45, 2.75) is 40.5 Å². The monoisotopic (exact) mass is 404 g/mol. The summed E-state index contributed by atoms with van der Waals surface area (Å²) >= 11 is 0. The molecule has 0 atom stereocenters. The van der Waals surface area contributed by atoms with E-state index in [0.717, 1.165) is 54.4 Å². The van der Waals surface area contributed by atoms with Gasteiger partial charge in [0.25, 0.3) is 0 Å². The maximum atomic E-state index is 12.7. The average Bonchev–Trinajstić information content (AvgIpc) is 3.08.